The Balaban J connectivity index is 1.67. The highest BCUT2D eigenvalue weighted by atomic mass is 16.5. The molecule has 4 heteroatoms. The summed E-state index contributed by atoms with van der Waals surface area (Å²) in [7, 11) is 1.67. The molecule has 0 radical (unpaired) electrons. The van der Waals surface area contributed by atoms with Gasteiger partial charge in [-0.15, -0.1) is 0 Å². The molecule has 0 spiro atoms. The molecule has 0 bridgehead atoms. The van der Waals surface area contributed by atoms with Crippen molar-refractivity contribution in [2.24, 2.45) is 0 Å². The smallest absolute Gasteiger partial charge is 0.134 e. The minimum Gasteiger partial charge on any atom is -0.460 e. The summed E-state index contributed by atoms with van der Waals surface area (Å²) in [5.41, 5.74) is 0.936. The summed E-state index contributed by atoms with van der Waals surface area (Å²) in [6.45, 7) is 3.50. The van der Waals surface area contributed by atoms with Crippen molar-refractivity contribution < 1.29 is 13.9 Å². The largest absolute Gasteiger partial charge is 0.460 e. The van der Waals surface area contributed by atoms with Crippen LogP contribution in [0.25, 0.3) is 11.0 Å². The maximum absolute atomic E-state index is 5.69. The molecule has 0 aliphatic carbocycles. The Morgan fingerprint density at radius 2 is 2.06 bits per heavy atom. The molecule has 0 unspecified atom stereocenters. The molecule has 1 aromatic carbocycles. The molecular formula is C14H19NO3. The van der Waals surface area contributed by atoms with Gasteiger partial charge in [-0.05, 0) is 12.1 Å². The van der Waals surface area contributed by atoms with Gasteiger partial charge in [-0.25, -0.2) is 0 Å². The first-order valence-electron chi connectivity index (χ1n) is 6.15. The second-order valence-electron chi connectivity index (χ2n) is 4.03. The van der Waals surface area contributed by atoms with Crippen molar-refractivity contribution in [1.82, 2.24) is 5.32 Å². The van der Waals surface area contributed by atoms with E-state index in [0.29, 0.717) is 19.8 Å². The van der Waals surface area contributed by atoms with Crippen molar-refractivity contribution in [3.05, 3.63) is 36.1 Å². The van der Waals surface area contributed by atoms with Crippen molar-refractivity contribution in [2.45, 2.75) is 6.54 Å². The summed E-state index contributed by atoms with van der Waals surface area (Å²) >= 11 is 0. The van der Waals surface area contributed by atoms with Crippen molar-refractivity contribution in [1.29, 1.82) is 0 Å². The van der Waals surface area contributed by atoms with Gasteiger partial charge >= 0.3 is 0 Å². The lowest BCUT2D eigenvalue weighted by molar-refractivity contribution is 0.0718. The minimum atomic E-state index is 0.642. The number of nitrogens with one attached hydrogen (secondary N) is 1. The van der Waals surface area contributed by atoms with Gasteiger partial charge in [0.2, 0.25) is 0 Å². The first-order chi connectivity index (χ1) is 8.90. The van der Waals surface area contributed by atoms with Gasteiger partial charge < -0.3 is 19.2 Å². The standard InChI is InChI=1S/C14H19NO3/c1-16-8-9-17-7-6-15-11-13-10-12-4-2-3-5-14(12)18-13/h2-5,10,15H,6-9,11H2,1H3. The number of rotatable bonds is 8. The van der Waals surface area contributed by atoms with E-state index in [-0.39, 0.29) is 0 Å². The van der Waals surface area contributed by atoms with Crippen LogP contribution in [0.2, 0.25) is 0 Å². The lowest BCUT2D eigenvalue weighted by Crippen LogP contribution is -2.19. The SMILES string of the molecule is COCCOCCNCc1cc2ccccc2o1. The Labute approximate surface area is 107 Å². The van der Waals surface area contributed by atoms with E-state index in [9.17, 15) is 0 Å². The molecule has 1 N–H and O–H groups in total. The molecule has 0 saturated carbocycles. The lowest BCUT2D eigenvalue weighted by atomic mass is 10.2. The first-order valence-corrected chi connectivity index (χ1v) is 6.15. The third-order valence-electron chi connectivity index (χ3n) is 2.63. The van der Waals surface area contributed by atoms with E-state index in [1.54, 1.807) is 7.11 Å². The summed E-state index contributed by atoms with van der Waals surface area (Å²) in [4.78, 5) is 0. The van der Waals surface area contributed by atoms with E-state index >= 15 is 0 Å². The van der Waals surface area contributed by atoms with Crippen LogP contribution in [0, 0.1) is 0 Å². The van der Waals surface area contributed by atoms with Crippen LogP contribution in [0.1, 0.15) is 5.76 Å². The molecule has 2 aromatic rings. The molecule has 0 atom stereocenters. The van der Waals surface area contributed by atoms with Gasteiger partial charge in [-0.2, -0.15) is 0 Å². The van der Waals surface area contributed by atoms with Crippen molar-refractivity contribution in [3.8, 4) is 0 Å². The van der Waals surface area contributed by atoms with Gasteiger partial charge in [-0.1, -0.05) is 18.2 Å². The summed E-state index contributed by atoms with van der Waals surface area (Å²) in [6.07, 6.45) is 0. The topological polar surface area (TPSA) is 43.6 Å². The number of hydrogen-bond donors (Lipinski definition) is 1. The molecule has 4 nitrogen and oxygen atoms in total. The Kier molecular flexibility index (Phi) is 5.20. The van der Waals surface area contributed by atoms with Gasteiger partial charge in [0.15, 0.2) is 0 Å². The fourth-order valence-electron chi connectivity index (χ4n) is 1.72. The normalized spacial score (nSPS) is 11.2. The minimum absolute atomic E-state index is 0.642. The predicted molar refractivity (Wildman–Crippen MR) is 70.6 cm³/mol. The summed E-state index contributed by atoms with van der Waals surface area (Å²) in [5, 5.41) is 4.42. The summed E-state index contributed by atoms with van der Waals surface area (Å²) in [6, 6.07) is 10.1. The highest BCUT2D eigenvalue weighted by Gasteiger charge is 2.01. The second-order valence-corrected chi connectivity index (χ2v) is 4.03. The Bertz CT molecular complexity index is 434. The highest BCUT2D eigenvalue weighted by molar-refractivity contribution is 5.77. The Morgan fingerprint density at radius 3 is 2.89 bits per heavy atom. The van der Waals surface area contributed by atoms with Gasteiger partial charge in [0.05, 0.1) is 26.4 Å². The van der Waals surface area contributed by atoms with Crippen molar-refractivity contribution >= 4 is 11.0 Å². The van der Waals surface area contributed by atoms with Crippen LogP contribution in [-0.4, -0.2) is 33.5 Å². The maximum atomic E-state index is 5.69. The van der Waals surface area contributed by atoms with E-state index in [0.717, 1.165) is 29.8 Å². The quantitative estimate of drug-likeness (QED) is 0.728. The fraction of sp³-hybridized carbons (Fsp3) is 0.429. The van der Waals surface area contributed by atoms with Gasteiger partial charge in [0, 0.05) is 19.0 Å². The number of para-hydroxylation sites is 1. The van der Waals surface area contributed by atoms with Crippen LogP contribution >= 0.6 is 0 Å². The highest BCUT2D eigenvalue weighted by Crippen LogP contribution is 2.18. The van der Waals surface area contributed by atoms with E-state index in [4.69, 9.17) is 13.9 Å². The second kappa shape index (κ2) is 7.16. The molecular weight excluding hydrogens is 230 g/mol. The van der Waals surface area contributed by atoms with Crippen LogP contribution in [0.15, 0.2) is 34.7 Å². The number of hydrogen-bond acceptors (Lipinski definition) is 4. The Morgan fingerprint density at radius 1 is 1.17 bits per heavy atom. The maximum Gasteiger partial charge on any atom is 0.134 e. The molecule has 0 aliphatic heterocycles. The fourth-order valence-corrected chi connectivity index (χ4v) is 1.72. The molecule has 98 valence electrons. The molecule has 0 fully saturated rings. The summed E-state index contributed by atoms with van der Waals surface area (Å²) in [5.74, 6) is 0.952. The lowest BCUT2D eigenvalue weighted by Gasteiger charge is -2.04. The van der Waals surface area contributed by atoms with Gasteiger partial charge in [0.1, 0.15) is 11.3 Å². The molecule has 2 rings (SSSR count). The van der Waals surface area contributed by atoms with Gasteiger partial charge in [0.25, 0.3) is 0 Å². The molecule has 0 aliphatic rings. The average Bonchev–Trinajstić information content (AvgIpc) is 2.80. The first kappa shape index (κ1) is 13.1. The summed E-state index contributed by atoms with van der Waals surface area (Å²) < 4.78 is 15.9. The monoisotopic (exact) mass is 249 g/mol. The molecule has 18 heavy (non-hydrogen) atoms. The number of fused-ring (bicyclic) bond motifs is 1. The van der Waals surface area contributed by atoms with Crippen LogP contribution in [0.3, 0.4) is 0 Å². The number of benzene rings is 1. The van der Waals surface area contributed by atoms with Crippen molar-refractivity contribution in [2.75, 3.05) is 33.5 Å². The van der Waals surface area contributed by atoms with Crippen LogP contribution < -0.4 is 5.32 Å². The predicted octanol–water partition coefficient (Wildman–Crippen LogP) is 2.19. The molecule has 0 saturated heterocycles. The van der Waals surface area contributed by atoms with Crippen LogP contribution in [-0.2, 0) is 16.0 Å². The zero-order chi connectivity index (χ0) is 12.6. The van der Waals surface area contributed by atoms with E-state index in [2.05, 4.69) is 17.4 Å². The molecule has 1 aromatic heterocycles. The van der Waals surface area contributed by atoms with E-state index in [1.165, 1.54) is 0 Å². The van der Waals surface area contributed by atoms with Crippen LogP contribution in [0.5, 0.6) is 0 Å². The Hall–Kier alpha value is -1.36. The number of ether oxygens (including phenoxy) is 2. The van der Waals surface area contributed by atoms with E-state index in [1.807, 2.05) is 18.2 Å². The molecule has 1 heterocycles. The third kappa shape index (κ3) is 3.84. The van der Waals surface area contributed by atoms with Crippen LogP contribution in [0.4, 0.5) is 0 Å². The zero-order valence-electron chi connectivity index (χ0n) is 10.6. The zero-order valence-corrected chi connectivity index (χ0v) is 10.6. The van der Waals surface area contributed by atoms with Crippen molar-refractivity contribution in [3.63, 3.8) is 0 Å². The number of furan rings is 1. The third-order valence-corrected chi connectivity index (χ3v) is 2.63. The van der Waals surface area contributed by atoms with Gasteiger partial charge in [-0.3, -0.25) is 0 Å². The average molecular weight is 249 g/mol. The number of methoxy groups -OCH3 is 1. The molecule has 0 amide bonds. The van der Waals surface area contributed by atoms with E-state index < -0.39 is 0 Å².